The second-order valence-electron chi connectivity index (χ2n) is 9.17. The summed E-state index contributed by atoms with van der Waals surface area (Å²) in [4.78, 5) is 28.2. The Morgan fingerprint density at radius 2 is 1.37 bits per heavy atom. The summed E-state index contributed by atoms with van der Waals surface area (Å²) in [5, 5.41) is 16.6. The van der Waals surface area contributed by atoms with Gasteiger partial charge in [0.15, 0.2) is 5.78 Å². The third kappa shape index (κ3) is 3.27. The molecule has 5 nitrogen and oxygen atoms in total. The van der Waals surface area contributed by atoms with Crippen LogP contribution in [-0.4, -0.2) is 16.8 Å². The maximum absolute atomic E-state index is 14.3. The second kappa shape index (κ2) is 8.22. The van der Waals surface area contributed by atoms with Crippen molar-refractivity contribution in [3.63, 3.8) is 0 Å². The van der Waals surface area contributed by atoms with E-state index in [-0.39, 0.29) is 29.4 Å². The van der Waals surface area contributed by atoms with E-state index in [2.05, 4.69) is 10.6 Å². The van der Waals surface area contributed by atoms with E-state index >= 15 is 0 Å². The third-order valence-electron chi connectivity index (χ3n) is 7.30. The maximum Gasteiger partial charge on any atom is 0.250 e. The Morgan fingerprint density at radius 1 is 0.743 bits per heavy atom. The number of amides is 1. The predicted octanol–water partition coefficient (Wildman–Crippen LogP) is 5.17. The fraction of sp³-hybridized carbons (Fsp3) is 0.133. The van der Waals surface area contributed by atoms with Crippen molar-refractivity contribution in [1.29, 1.82) is 0 Å². The fourth-order valence-electron chi connectivity index (χ4n) is 5.79. The van der Waals surface area contributed by atoms with Crippen molar-refractivity contribution in [3.8, 4) is 5.75 Å². The summed E-state index contributed by atoms with van der Waals surface area (Å²) in [5.74, 6) is -1.25. The highest BCUT2D eigenvalue weighted by molar-refractivity contribution is 6.12. The lowest BCUT2D eigenvalue weighted by Gasteiger charge is -2.31. The quantitative estimate of drug-likeness (QED) is 0.367. The summed E-state index contributed by atoms with van der Waals surface area (Å²) < 4.78 is 0. The minimum Gasteiger partial charge on any atom is -0.508 e. The summed E-state index contributed by atoms with van der Waals surface area (Å²) in [6, 6.07) is 33.3. The van der Waals surface area contributed by atoms with Crippen LogP contribution in [0.1, 0.15) is 39.0 Å². The molecule has 35 heavy (non-hydrogen) atoms. The smallest absolute Gasteiger partial charge is 0.250 e. The van der Waals surface area contributed by atoms with Crippen LogP contribution in [0, 0.1) is 5.92 Å². The Hall–Kier alpha value is -4.22. The first kappa shape index (κ1) is 21.3. The van der Waals surface area contributed by atoms with Crippen molar-refractivity contribution in [2.75, 3.05) is 5.32 Å². The van der Waals surface area contributed by atoms with Gasteiger partial charge in [-0.15, -0.1) is 0 Å². The minimum absolute atomic E-state index is 0.0959. The van der Waals surface area contributed by atoms with E-state index in [0.29, 0.717) is 11.3 Å². The van der Waals surface area contributed by atoms with Crippen LogP contribution < -0.4 is 10.6 Å². The van der Waals surface area contributed by atoms with Crippen molar-refractivity contribution in [2.45, 2.75) is 17.5 Å². The van der Waals surface area contributed by atoms with Crippen LogP contribution in [0.5, 0.6) is 5.75 Å². The number of carbonyl (C=O) groups is 2. The highest BCUT2D eigenvalue weighted by Gasteiger charge is 2.64. The molecule has 2 aliphatic heterocycles. The molecule has 5 heteroatoms. The number of nitrogens with one attached hydrogen (secondary N) is 2. The van der Waals surface area contributed by atoms with E-state index in [0.717, 1.165) is 16.7 Å². The van der Waals surface area contributed by atoms with Crippen molar-refractivity contribution in [2.24, 2.45) is 5.92 Å². The van der Waals surface area contributed by atoms with Gasteiger partial charge < -0.3 is 10.4 Å². The summed E-state index contributed by atoms with van der Waals surface area (Å²) in [6.07, 6.45) is 0. The summed E-state index contributed by atoms with van der Waals surface area (Å²) >= 11 is 0. The van der Waals surface area contributed by atoms with Gasteiger partial charge in [0.05, 0.1) is 5.92 Å². The van der Waals surface area contributed by atoms with Gasteiger partial charge in [-0.3, -0.25) is 14.9 Å². The van der Waals surface area contributed by atoms with Gasteiger partial charge in [0.25, 0.3) is 0 Å². The molecule has 4 aromatic carbocycles. The Balaban J connectivity index is 1.62. The zero-order valence-corrected chi connectivity index (χ0v) is 18.9. The highest BCUT2D eigenvalue weighted by atomic mass is 16.3. The van der Waals surface area contributed by atoms with Gasteiger partial charge in [-0.05, 0) is 29.3 Å². The first-order valence-corrected chi connectivity index (χ1v) is 11.7. The Bertz CT molecular complexity index is 1400. The van der Waals surface area contributed by atoms with Gasteiger partial charge in [-0.2, -0.15) is 0 Å². The maximum atomic E-state index is 14.3. The summed E-state index contributed by atoms with van der Waals surface area (Å²) in [5.41, 5.74) is 2.69. The number of aromatic hydroxyl groups is 1. The predicted molar refractivity (Wildman–Crippen MR) is 134 cm³/mol. The fourth-order valence-corrected chi connectivity index (χ4v) is 5.79. The molecule has 2 unspecified atom stereocenters. The Morgan fingerprint density at radius 3 is 2.09 bits per heavy atom. The summed E-state index contributed by atoms with van der Waals surface area (Å²) in [6.45, 7) is 0. The zero-order chi connectivity index (χ0) is 24.0. The van der Waals surface area contributed by atoms with Gasteiger partial charge >= 0.3 is 0 Å². The number of hydrogen-bond donors (Lipinski definition) is 3. The van der Waals surface area contributed by atoms with Crippen LogP contribution in [0.3, 0.4) is 0 Å². The first-order valence-electron chi connectivity index (χ1n) is 11.7. The van der Waals surface area contributed by atoms with Gasteiger partial charge in [-0.1, -0.05) is 91.0 Å². The lowest BCUT2D eigenvalue weighted by atomic mass is 9.69. The molecule has 2 aliphatic rings. The monoisotopic (exact) mass is 460 g/mol. The lowest BCUT2D eigenvalue weighted by molar-refractivity contribution is -0.122. The Kier molecular flexibility index (Phi) is 5.01. The third-order valence-corrected chi connectivity index (χ3v) is 7.30. The van der Waals surface area contributed by atoms with E-state index in [9.17, 15) is 14.7 Å². The van der Waals surface area contributed by atoms with Crippen molar-refractivity contribution < 1.29 is 14.7 Å². The Labute approximate surface area is 203 Å². The largest absolute Gasteiger partial charge is 0.508 e. The number of Topliss-reactive ketones (excluding diaryl/α,β-unsaturated/α-hetero) is 1. The molecule has 0 aliphatic carbocycles. The molecule has 3 N–H and O–H groups in total. The van der Waals surface area contributed by atoms with Crippen molar-refractivity contribution >= 4 is 17.4 Å². The van der Waals surface area contributed by atoms with Gasteiger partial charge in [0.2, 0.25) is 5.91 Å². The number of phenolic OH excluding ortho intramolecular Hbond substituents is 1. The number of para-hydroxylation sites is 1. The van der Waals surface area contributed by atoms with E-state index in [1.54, 1.807) is 24.3 Å². The van der Waals surface area contributed by atoms with E-state index in [1.807, 2.05) is 84.9 Å². The SMILES string of the molecule is O=C(c1ccccc1)C1[C@H](c2ccc(O)cc2)[C@@H](c2ccccc2)NC12C(=O)Nc1ccccc12. The molecule has 0 aromatic heterocycles. The van der Waals surface area contributed by atoms with E-state index in [4.69, 9.17) is 0 Å². The molecular formula is C30H24N2O3. The van der Waals surface area contributed by atoms with E-state index < -0.39 is 11.5 Å². The molecule has 4 atom stereocenters. The molecule has 172 valence electrons. The molecule has 1 fully saturated rings. The molecule has 4 aromatic rings. The van der Waals surface area contributed by atoms with Crippen LogP contribution >= 0.6 is 0 Å². The van der Waals surface area contributed by atoms with Gasteiger partial charge in [0, 0.05) is 28.8 Å². The van der Waals surface area contributed by atoms with Crippen LogP contribution in [0.25, 0.3) is 0 Å². The van der Waals surface area contributed by atoms with Gasteiger partial charge in [0.1, 0.15) is 11.3 Å². The second-order valence-corrected chi connectivity index (χ2v) is 9.17. The van der Waals surface area contributed by atoms with Crippen molar-refractivity contribution in [1.82, 2.24) is 5.32 Å². The molecule has 2 heterocycles. The highest BCUT2D eigenvalue weighted by Crippen LogP contribution is 2.57. The number of ketones is 1. The molecule has 1 amide bonds. The average Bonchev–Trinajstić information content (AvgIpc) is 3.41. The van der Waals surface area contributed by atoms with Crippen LogP contribution in [0.2, 0.25) is 0 Å². The number of benzene rings is 4. The zero-order valence-electron chi connectivity index (χ0n) is 18.9. The number of phenols is 1. The van der Waals surface area contributed by atoms with Gasteiger partial charge in [-0.25, -0.2) is 0 Å². The molecule has 1 saturated heterocycles. The molecular weight excluding hydrogens is 436 g/mol. The number of anilines is 1. The van der Waals surface area contributed by atoms with Crippen LogP contribution in [0.15, 0.2) is 109 Å². The molecule has 0 bridgehead atoms. The minimum atomic E-state index is -1.24. The number of carbonyl (C=O) groups excluding carboxylic acids is 2. The molecule has 0 saturated carbocycles. The normalized spacial score (nSPS) is 24.8. The van der Waals surface area contributed by atoms with Crippen molar-refractivity contribution in [3.05, 3.63) is 131 Å². The standard InChI is InChI=1S/C30H24N2O3/c33-22-17-15-19(16-18-22)25-26(28(34)21-11-5-2-6-12-21)30(32-27(25)20-9-3-1-4-10-20)23-13-7-8-14-24(23)31-29(30)35/h1-18,25-27,32-33H,(H,31,35)/t25-,26?,27+,30?/m0/s1. The van der Waals surface area contributed by atoms with Crippen LogP contribution in [0.4, 0.5) is 5.69 Å². The first-order chi connectivity index (χ1) is 17.1. The molecule has 0 radical (unpaired) electrons. The average molecular weight is 461 g/mol. The number of rotatable bonds is 4. The summed E-state index contributed by atoms with van der Waals surface area (Å²) in [7, 11) is 0. The van der Waals surface area contributed by atoms with Crippen LogP contribution in [-0.2, 0) is 10.3 Å². The topological polar surface area (TPSA) is 78.4 Å². The number of fused-ring (bicyclic) bond motifs is 2. The molecule has 1 spiro atoms. The lowest BCUT2D eigenvalue weighted by Crippen LogP contribution is -2.50. The molecule has 6 rings (SSSR count). The van der Waals surface area contributed by atoms with E-state index in [1.165, 1.54) is 0 Å². The number of hydrogen-bond acceptors (Lipinski definition) is 4.